The molecule has 1 aliphatic heterocycles. The van der Waals surface area contributed by atoms with Crippen molar-refractivity contribution in [3.8, 4) is 0 Å². The quantitative estimate of drug-likeness (QED) is 0.273. The summed E-state index contributed by atoms with van der Waals surface area (Å²) in [5, 5.41) is 16.1. The van der Waals surface area contributed by atoms with Crippen LogP contribution >= 0.6 is 0 Å². The van der Waals surface area contributed by atoms with Crippen molar-refractivity contribution in [2.24, 2.45) is 68.3 Å². The van der Waals surface area contributed by atoms with Crippen LogP contribution in [0.25, 0.3) is 0 Å². The lowest BCUT2D eigenvalue weighted by Gasteiger charge is -2.71. The second-order valence-electron chi connectivity index (χ2n) is 19.2. The fourth-order valence-corrected chi connectivity index (χ4v) is 12.4. The highest BCUT2D eigenvalue weighted by Crippen LogP contribution is 2.75. The first-order chi connectivity index (χ1) is 22.2. The largest absolute Gasteiger partial charge is 0.481 e. The Balaban J connectivity index is 1.46. The summed E-state index contributed by atoms with van der Waals surface area (Å²) in [4.78, 5) is 18.2. The first-order valence-electron chi connectivity index (χ1n) is 19.0. The van der Waals surface area contributed by atoms with Crippen molar-refractivity contribution in [3.63, 3.8) is 0 Å². The zero-order valence-corrected chi connectivity index (χ0v) is 32.2. The predicted molar refractivity (Wildman–Crippen MR) is 189 cm³/mol. The van der Waals surface area contributed by atoms with Crippen LogP contribution in [0, 0.1) is 76.4 Å². The minimum atomic E-state index is -0.612. The fraction of sp³-hybridized carbons (Fsp3) is 0.875. The number of hydrogen-bond donors (Lipinski definition) is 2. The van der Waals surface area contributed by atoms with E-state index in [0.717, 1.165) is 50.2 Å². The standard InChI is InChI=1S/C40H66N4O4/c1-23(2)25(5)35(8)17-18-37(10)28-13-14-31-36(9)20-47-22-40(31,29(28)15-16-38(37,11)32(35)34(45)46)19-30(44-27(7)42-26(6)43-44)33(36)48-21-39(12,41)24(3)4/h15,23-25,28,30-33H,13-14,16-22,41H2,1-12H3,(H,45,46)/t25-,28+,30-,31+,32-,33+,35-,36-,37-,38+,39+,40+/m1/s1. The molecule has 6 rings (SSSR count). The molecule has 5 aliphatic rings. The fourth-order valence-electron chi connectivity index (χ4n) is 12.4. The molecule has 1 saturated heterocycles. The van der Waals surface area contributed by atoms with Gasteiger partial charge in [0.15, 0.2) is 0 Å². The second kappa shape index (κ2) is 11.6. The van der Waals surface area contributed by atoms with Crippen LogP contribution in [0.2, 0.25) is 0 Å². The molecule has 0 amide bonds. The van der Waals surface area contributed by atoms with E-state index >= 15 is 0 Å². The molecule has 2 heterocycles. The average Bonchev–Trinajstić information content (AvgIpc) is 3.33. The lowest BCUT2D eigenvalue weighted by molar-refractivity contribution is -0.252. The van der Waals surface area contributed by atoms with Crippen LogP contribution in [0.4, 0.5) is 0 Å². The maximum absolute atomic E-state index is 13.5. The number of allylic oxidation sites excluding steroid dienone is 1. The molecule has 12 atom stereocenters. The zero-order valence-electron chi connectivity index (χ0n) is 32.2. The number of aromatic nitrogens is 3. The summed E-state index contributed by atoms with van der Waals surface area (Å²) >= 11 is 0. The molecule has 1 aromatic heterocycles. The minimum absolute atomic E-state index is 0.00612. The maximum atomic E-state index is 13.5. The van der Waals surface area contributed by atoms with Crippen molar-refractivity contribution in [1.82, 2.24) is 14.8 Å². The van der Waals surface area contributed by atoms with Crippen molar-refractivity contribution in [1.29, 1.82) is 0 Å². The lowest BCUT2D eigenvalue weighted by Crippen LogP contribution is -2.69. The topological polar surface area (TPSA) is 112 Å². The van der Waals surface area contributed by atoms with Gasteiger partial charge in [-0.1, -0.05) is 74.0 Å². The molecule has 1 aromatic rings. The Labute approximate surface area is 290 Å². The smallest absolute Gasteiger partial charge is 0.307 e. The summed E-state index contributed by atoms with van der Waals surface area (Å²) in [6, 6.07) is -0.00612. The third-order valence-electron chi connectivity index (χ3n) is 16.2. The van der Waals surface area contributed by atoms with E-state index in [1.807, 2.05) is 6.92 Å². The van der Waals surface area contributed by atoms with Crippen LogP contribution < -0.4 is 5.73 Å². The van der Waals surface area contributed by atoms with Crippen LogP contribution in [-0.4, -0.2) is 57.3 Å². The number of aliphatic carboxylic acids is 1. The molecule has 8 nitrogen and oxygen atoms in total. The van der Waals surface area contributed by atoms with Gasteiger partial charge >= 0.3 is 5.97 Å². The van der Waals surface area contributed by atoms with Gasteiger partial charge in [-0.2, -0.15) is 5.10 Å². The van der Waals surface area contributed by atoms with Crippen LogP contribution in [0.15, 0.2) is 11.6 Å². The molecule has 3 saturated carbocycles. The van der Waals surface area contributed by atoms with E-state index in [1.165, 1.54) is 5.57 Å². The van der Waals surface area contributed by atoms with Gasteiger partial charge in [0.1, 0.15) is 11.6 Å². The lowest BCUT2D eigenvalue weighted by atomic mass is 9.34. The SMILES string of the molecule is Cc1nc(C)n([C@@H]2C[C@@]34COC[C@](C)([C@@H]3CC[C@H]3C4=CC[C@@]4(C)[C@H](C(=O)O)[C@@](C)([C@H](C)C(C)C)CC[C@]34C)[C@H]2OC[C@](C)(N)C(C)C)n1. The van der Waals surface area contributed by atoms with E-state index < -0.39 is 17.4 Å². The van der Waals surface area contributed by atoms with Gasteiger partial charge in [0.05, 0.1) is 37.9 Å². The Morgan fingerprint density at radius 3 is 2.38 bits per heavy atom. The number of carboxylic acid groups (broad SMARTS) is 1. The number of hydrogen-bond acceptors (Lipinski definition) is 6. The highest BCUT2D eigenvalue weighted by atomic mass is 16.5. The molecule has 270 valence electrons. The van der Waals surface area contributed by atoms with Crippen molar-refractivity contribution >= 4 is 5.97 Å². The van der Waals surface area contributed by atoms with Crippen molar-refractivity contribution in [3.05, 3.63) is 23.3 Å². The van der Waals surface area contributed by atoms with Crippen LogP contribution in [0.3, 0.4) is 0 Å². The average molecular weight is 667 g/mol. The second-order valence-corrected chi connectivity index (χ2v) is 19.2. The maximum Gasteiger partial charge on any atom is 0.307 e. The number of carbonyl (C=O) groups is 1. The number of carboxylic acids is 1. The van der Waals surface area contributed by atoms with E-state index in [2.05, 4.69) is 86.9 Å². The first-order valence-corrected chi connectivity index (χ1v) is 19.0. The van der Waals surface area contributed by atoms with Gasteiger partial charge in [0.25, 0.3) is 0 Å². The molecule has 8 heteroatoms. The number of nitrogens with two attached hydrogens (primary N) is 1. The van der Waals surface area contributed by atoms with E-state index in [0.29, 0.717) is 43.5 Å². The summed E-state index contributed by atoms with van der Waals surface area (Å²) in [5.41, 5.74) is 6.79. The summed E-state index contributed by atoms with van der Waals surface area (Å²) in [6.45, 7) is 28.6. The van der Waals surface area contributed by atoms with Gasteiger partial charge in [-0.25, -0.2) is 9.67 Å². The molecule has 48 heavy (non-hydrogen) atoms. The van der Waals surface area contributed by atoms with E-state index in [4.69, 9.17) is 25.3 Å². The van der Waals surface area contributed by atoms with Gasteiger partial charge in [-0.05, 0) is 105 Å². The molecule has 4 aliphatic carbocycles. The number of fused-ring (bicyclic) bond motifs is 3. The molecular formula is C40H66N4O4. The molecule has 0 radical (unpaired) electrons. The van der Waals surface area contributed by atoms with Crippen molar-refractivity contribution < 1.29 is 19.4 Å². The molecule has 2 bridgehead atoms. The van der Waals surface area contributed by atoms with Crippen LogP contribution in [0.1, 0.15) is 125 Å². The number of nitrogens with zero attached hydrogens (tertiary/aromatic N) is 3. The Hall–Kier alpha value is -1.77. The van der Waals surface area contributed by atoms with Crippen LogP contribution in [-0.2, 0) is 14.3 Å². The summed E-state index contributed by atoms with van der Waals surface area (Å²) in [6.07, 6.45) is 8.27. The third kappa shape index (κ3) is 4.87. The molecule has 0 spiro atoms. The van der Waals surface area contributed by atoms with E-state index in [1.54, 1.807) is 0 Å². The summed E-state index contributed by atoms with van der Waals surface area (Å²) < 4.78 is 15.9. The molecule has 0 unspecified atom stereocenters. The van der Waals surface area contributed by atoms with E-state index in [9.17, 15) is 9.90 Å². The van der Waals surface area contributed by atoms with E-state index in [-0.39, 0.29) is 45.1 Å². The normalized spacial score (nSPS) is 44.3. The molecule has 4 fully saturated rings. The highest BCUT2D eigenvalue weighted by Gasteiger charge is 2.72. The first kappa shape index (κ1) is 36.0. The monoisotopic (exact) mass is 667 g/mol. The molecular weight excluding hydrogens is 600 g/mol. The van der Waals surface area contributed by atoms with Gasteiger partial charge < -0.3 is 20.3 Å². The summed E-state index contributed by atoms with van der Waals surface area (Å²) in [7, 11) is 0. The Morgan fingerprint density at radius 1 is 1.10 bits per heavy atom. The van der Waals surface area contributed by atoms with Crippen molar-refractivity contribution in [2.45, 2.75) is 139 Å². The van der Waals surface area contributed by atoms with Gasteiger partial charge in [0, 0.05) is 16.4 Å². The van der Waals surface area contributed by atoms with Crippen LogP contribution in [0.5, 0.6) is 0 Å². The molecule has 3 N–H and O–H groups in total. The van der Waals surface area contributed by atoms with Gasteiger partial charge in [-0.15, -0.1) is 0 Å². The molecule has 0 aromatic carbocycles. The zero-order chi connectivity index (χ0) is 35.4. The number of ether oxygens (including phenoxy) is 2. The minimum Gasteiger partial charge on any atom is -0.481 e. The highest BCUT2D eigenvalue weighted by molar-refractivity contribution is 5.73. The Bertz CT molecular complexity index is 1450. The van der Waals surface area contributed by atoms with Crippen molar-refractivity contribution in [2.75, 3.05) is 19.8 Å². The number of aryl methyl sites for hydroxylation is 2. The predicted octanol–water partition coefficient (Wildman–Crippen LogP) is 7.78. The third-order valence-corrected chi connectivity index (χ3v) is 16.2. The van der Waals surface area contributed by atoms with Gasteiger partial charge in [0.2, 0.25) is 0 Å². The number of rotatable bonds is 8. The van der Waals surface area contributed by atoms with Gasteiger partial charge in [-0.3, -0.25) is 4.79 Å². The Morgan fingerprint density at radius 2 is 1.79 bits per heavy atom. The Kier molecular flexibility index (Phi) is 8.73. The summed E-state index contributed by atoms with van der Waals surface area (Å²) in [5.74, 6) is 2.44.